The molecule has 0 N–H and O–H groups in total. The number of hydrogen-bond donors (Lipinski definition) is 0. The molecule has 106 valence electrons. The molecule has 6 heteroatoms. The number of esters is 1. The van der Waals surface area contributed by atoms with E-state index >= 15 is 0 Å². The monoisotopic (exact) mass is 277 g/mol. The molecule has 0 amide bonds. The molecule has 0 saturated carbocycles. The topological polar surface area (TPSA) is 66.3 Å². The number of ether oxygens (including phenoxy) is 4. The Morgan fingerprint density at radius 1 is 1.20 bits per heavy atom. The van der Waals surface area contributed by atoms with Gasteiger partial charge in [0.1, 0.15) is 30.3 Å². The van der Waals surface area contributed by atoms with Crippen molar-refractivity contribution >= 4 is 11.9 Å². The lowest BCUT2D eigenvalue weighted by atomic mass is 10.1. The highest BCUT2D eigenvalue weighted by atomic mass is 16.6. The SMILES string of the molecule is COc1cc(OC)cc(C2=N[C@@H]3COC(=O)C[C@@H]3O2)c1. The van der Waals surface area contributed by atoms with Gasteiger partial charge in [0.05, 0.1) is 20.6 Å². The molecule has 2 heterocycles. The van der Waals surface area contributed by atoms with Gasteiger partial charge in [0.2, 0.25) is 5.90 Å². The van der Waals surface area contributed by atoms with Crippen molar-refractivity contribution in [2.75, 3.05) is 20.8 Å². The summed E-state index contributed by atoms with van der Waals surface area (Å²) >= 11 is 0. The van der Waals surface area contributed by atoms with Gasteiger partial charge in [-0.15, -0.1) is 0 Å². The molecule has 0 bridgehead atoms. The number of rotatable bonds is 3. The molecule has 0 aromatic heterocycles. The molecule has 2 atom stereocenters. The van der Waals surface area contributed by atoms with Crippen molar-refractivity contribution in [3.63, 3.8) is 0 Å². The number of aliphatic imine (C=N–C) groups is 1. The van der Waals surface area contributed by atoms with Crippen molar-refractivity contribution in [3.05, 3.63) is 23.8 Å². The zero-order valence-corrected chi connectivity index (χ0v) is 11.3. The fraction of sp³-hybridized carbons (Fsp3) is 0.429. The van der Waals surface area contributed by atoms with Crippen LogP contribution < -0.4 is 9.47 Å². The molecule has 20 heavy (non-hydrogen) atoms. The smallest absolute Gasteiger partial charge is 0.309 e. The number of cyclic esters (lactones) is 1. The fourth-order valence-electron chi connectivity index (χ4n) is 2.28. The quantitative estimate of drug-likeness (QED) is 0.776. The summed E-state index contributed by atoms with van der Waals surface area (Å²) in [4.78, 5) is 15.7. The maximum Gasteiger partial charge on any atom is 0.309 e. The Morgan fingerprint density at radius 2 is 1.90 bits per heavy atom. The molecular weight excluding hydrogens is 262 g/mol. The number of benzene rings is 1. The van der Waals surface area contributed by atoms with Crippen molar-refractivity contribution in [3.8, 4) is 11.5 Å². The summed E-state index contributed by atoms with van der Waals surface area (Å²) in [5.74, 6) is 1.57. The largest absolute Gasteiger partial charge is 0.497 e. The maximum atomic E-state index is 11.3. The lowest BCUT2D eigenvalue weighted by Crippen LogP contribution is -2.36. The maximum absolute atomic E-state index is 11.3. The Bertz CT molecular complexity index is 546. The van der Waals surface area contributed by atoms with Crippen LogP contribution >= 0.6 is 0 Å². The predicted octanol–water partition coefficient (Wildman–Crippen LogP) is 1.16. The highest BCUT2D eigenvalue weighted by Gasteiger charge is 2.38. The van der Waals surface area contributed by atoms with Crippen molar-refractivity contribution < 1.29 is 23.7 Å². The van der Waals surface area contributed by atoms with Crippen LogP contribution in [0.1, 0.15) is 12.0 Å². The predicted molar refractivity (Wildman–Crippen MR) is 70.3 cm³/mol. The van der Waals surface area contributed by atoms with Crippen LogP contribution in [0.4, 0.5) is 0 Å². The van der Waals surface area contributed by atoms with Crippen molar-refractivity contribution in [2.45, 2.75) is 18.6 Å². The summed E-state index contributed by atoms with van der Waals surface area (Å²) in [5.41, 5.74) is 0.767. The van der Waals surface area contributed by atoms with Crippen molar-refractivity contribution in [2.24, 2.45) is 4.99 Å². The summed E-state index contributed by atoms with van der Waals surface area (Å²) in [5, 5.41) is 0. The lowest BCUT2D eigenvalue weighted by Gasteiger charge is -2.21. The van der Waals surface area contributed by atoms with E-state index < -0.39 is 0 Å². The summed E-state index contributed by atoms with van der Waals surface area (Å²) in [6.07, 6.45) is 0.00197. The first-order valence-corrected chi connectivity index (χ1v) is 6.33. The molecule has 0 unspecified atom stereocenters. The number of hydrogen-bond acceptors (Lipinski definition) is 6. The van der Waals surface area contributed by atoms with Gasteiger partial charge in [0.15, 0.2) is 0 Å². The number of carbonyl (C=O) groups excluding carboxylic acids is 1. The number of nitrogens with zero attached hydrogens (tertiary/aromatic N) is 1. The average Bonchev–Trinajstić information content (AvgIpc) is 2.89. The molecule has 1 aromatic rings. The molecule has 1 saturated heterocycles. The lowest BCUT2D eigenvalue weighted by molar-refractivity contribution is -0.151. The second kappa shape index (κ2) is 5.03. The Hall–Kier alpha value is -2.24. The van der Waals surface area contributed by atoms with E-state index in [4.69, 9.17) is 18.9 Å². The standard InChI is InChI=1S/C14H15NO5/c1-17-9-3-8(4-10(5-9)18-2)14-15-11-7-19-13(16)6-12(11)20-14/h3-5,11-12H,6-7H2,1-2H3/t11-,12+/m1/s1. The van der Waals surface area contributed by atoms with Gasteiger partial charge in [-0.25, -0.2) is 4.99 Å². The first-order valence-electron chi connectivity index (χ1n) is 6.33. The molecule has 0 aliphatic carbocycles. The zero-order valence-electron chi connectivity index (χ0n) is 11.3. The van der Waals surface area contributed by atoms with E-state index in [9.17, 15) is 4.79 Å². The zero-order chi connectivity index (χ0) is 14.1. The Labute approximate surface area is 116 Å². The molecule has 6 nitrogen and oxygen atoms in total. The van der Waals surface area contributed by atoms with E-state index in [1.807, 2.05) is 12.1 Å². The summed E-state index contributed by atoms with van der Waals surface area (Å²) < 4.78 is 21.2. The third-order valence-corrected chi connectivity index (χ3v) is 3.36. The third-order valence-electron chi connectivity index (χ3n) is 3.36. The minimum atomic E-state index is -0.245. The second-order valence-electron chi connectivity index (χ2n) is 4.65. The van der Waals surface area contributed by atoms with Crippen LogP contribution in [0.2, 0.25) is 0 Å². The highest BCUT2D eigenvalue weighted by Crippen LogP contribution is 2.28. The van der Waals surface area contributed by atoms with Crippen molar-refractivity contribution in [1.82, 2.24) is 0 Å². The third kappa shape index (κ3) is 2.29. The Balaban J connectivity index is 1.88. The van der Waals surface area contributed by atoms with Gasteiger partial charge in [0.25, 0.3) is 0 Å². The molecule has 3 rings (SSSR count). The fourth-order valence-corrected chi connectivity index (χ4v) is 2.28. The van der Waals surface area contributed by atoms with Gasteiger partial charge in [-0.1, -0.05) is 0 Å². The molecule has 1 aromatic carbocycles. The van der Waals surface area contributed by atoms with Crippen LogP contribution in [0.3, 0.4) is 0 Å². The van der Waals surface area contributed by atoms with E-state index in [1.165, 1.54) is 0 Å². The van der Waals surface area contributed by atoms with Gasteiger partial charge >= 0.3 is 5.97 Å². The second-order valence-corrected chi connectivity index (χ2v) is 4.65. The summed E-state index contributed by atoms with van der Waals surface area (Å²) in [6.45, 7) is 0.272. The van der Waals surface area contributed by atoms with Crippen LogP contribution in [-0.2, 0) is 14.3 Å². The molecule has 1 fully saturated rings. The van der Waals surface area contributed by atoms with Crippen LogP contribution in [0.15, 0.2) is 23.2 Å². The van der Waals surface area contributed by atoms with E-state index in [2.05, 4.69) is 4.99 Å². The number of carbonyl (C=O) groups is 1. The highest BCUT2D eigenvalue weighted by molar-refractivity contribution is 5.96. The molecule has 0 radical (unpaired) electrons. The Morgan fingerprint density at radius 3 is 2.55 bits per heavy atom. The van der Waals surface area contributed by atoms with Crippen LogP contribution in [0.5, 0.6) is 11.5 Å². The van der Waals surface area contributed by atoms with Gasteiger partial charge < -0.3 is 18.9 Å². The molecule has 2 aliphatic rings. The number of methoxy groups -OCH3 is 2. The van der Waals surface area contributed by atoms with Gasteiger partial charge in [-0.3, -0.25) is 4.79 Å². The summed E-state index contributed by atoms with van der Waals surface area (Å²) in [7, 11) is 3.17. The van der Waals surface area contributed by atoms with Gasteiger partial charge in [0, 0.05) is 11.6 Å². The van der Waals surface area contributed by atoms with Gasteiger partial charge in [-0.05, 0) is 12.1 Å². The number of fused-ring (bicyclic) bond motifs is 1. The van der Waals surface area contributed by atoms with E-state index in [-0.39, 0.29) is 31.1 Å². The minimum Gasteiger partial charge on any atom is -0.497 e. The van der Waals surface area contributed by atoms with E-state index in [0.29, 0.717) is 17.4 Å². The first kappa shape index (κ1) is 12.8. The minimum absolute atomic E-state index is 0.125. The normalized spacial score (nSPS) is 24.3. The Kier molecular flexibility index (Phi) is 3.22. The summed E-state index contributed by atoms with van der Waals surface area (Å²) in [6, 6.07) is 5.29. The van der Waals surface area contributed by atoms with E-state index in [0.717, 1.165) is 5.56 Å². The van der Waals surface area contributed by atoms with Crippen LogP contribution in [0, 0.1) is 0 Å². The molecule has 0 spiro atoms. The van der Waals surface area contributed by atoms with Crippen molar-refractivity contribution in [1.29, 1.82) is 0 Å². The molecule has 2 aliphatic heterocycles. The molecular formula is C14H15NO5. The van der Waals surface area contributed by atoms with Crippen LogP contribution in [-0.4, -0.2) is 44.8 Å². The van der Waals surface area contributed by atoms with E-state index in [1.54, 1.807) is 20.3 Å². The van der Waals surface area contributed by atoms with Gasteiger partial charge in [-0.2, -0.15) is 0 Å². The van der Waals surface area contributed by atoms with Crippen LogP contribution in [0.25, 0.3) is 0 Å². The average molecular weight is 277 g/mol. The first-order chi connectivity index (χ1) is 9.69.